The molecule has 7 N–H and O–H groups in total. The third kappa shape index (κ3) is 10.8. The second-order valence-electron chi connectivity index (χ2n) is 8.18. The molecule has 0 aromatic heterocycles. The zero-order valence-corrected chi connectivity index (χ0v) is 19.9. The summed E-state index contributed by atoms with van der Waals surface area (Å²) >= 11 is 4.08. The van der Waals surface area contributed by atoms with Gasteiger partial charge in [-0.3, -0.25) is 19.2 Å². The zero-order chi connectivity index (χ0) is 25.0. The van der Waals surface area contributed by atoms with Gasteiger partial charge in [0.2, 0.25) is 17.7 Å². The molecule has 0 aliphatic heterocycles. The minimum Gasteiger partial charge on any atom is -0.481 e. The zero-order valence-electron chi connectivity index (χ0n) is 19.0. The van der Waals surface area contributed by atoms with Crippen molar-refractivity contribution in [2.75, 3.05) is 5.75 Å². The molecule has 0 aromatic carbocycles. The number of thiol groups is 1. The van der Waals surface area contributed by atoms with Gasteiger partial charge in [0.1, 0.15) is 18.1 Å². The lowest BCUT2D eigenvalue weighted by molar-refractivity contribution is -0.143. The fraction of sp³-hybridized carbons (Fsp3) is 0.750. The maximum atomic E-state index is 12.8. The number of carboxylic acids is 2. The van der Waals surface area contributed by atoms with Gasteiger partial charge in [-0.15, -0.1) is 0 Å². The topological polar surface area (TPSA) is 188 Å². The highest BCUT2D eigenvalue weighted by molar-refractivity contribution is 7.80. The Kier molecular flexibility index (Phi) is 13.6. The van der Waals surface area contributed by atoms with Crippen LogP contribution in [0.4, 0.5) is 0 Å². The Bertz CT molecular complexity index is 674. The van der Waals surface area contributed by atoms with Crippen LogP contribution in [0.5, 0.6) is 0 Å². The van der Waals surface area contributed by atoms with E-state index in [-0.39, 0.29) is 36.9 Å². The number of hydrogen-bond donors (Lipinski definition) is 7. The van der Waals surface area contributed by atoms with Crippen LogP contribution in [-0.4, -0.2) is 69.8 Å². The second kappa shape index (κ2) is 14.7. The summed E-state index contributed by atoms with van der Waals surface area (Å²) in [7, 11) is 0. The van der Waals surface area contributed by atoms with Crippen molar-refractivity contribution >= 4 is 42.3 Å². The van der Waals surface area contributed by atoms with Gasteiger partial charge in [0.25, 0.3) is 0 Å². The summed E-state index contributed by atoms with van der Waals surface area (Å²) in [5.41, 5.74) is 5.71. The molecule has 0 aliphatic carbocycles. The van der Waals surface area contributed by atoms with Crippen molar-refractivity contribution in [3.05, 3.63) is 0 Å². The number of carbonyl (C=O) groups is 5. The Morgan fingerprint density at radius 2 is 1.44 bits per heavy atom. The summed E-state index contributed by atoms with van der Waals surface area (Å²) in [6, 6.07) is -4.36. The highest BCUT2D eigenvalue weighted by Crippen LogP contribution is 2.10. The quantitative estimate of drug-likeness (QED) is 0.157. The monoisotopic (exact) mass is 476 g/mol. The summed E-state index contributed by atoms with van der Waals surface area (Å²) in [5, 5.41) is 25.5. The van der Waals surface area contributed by atoms with Crippen LogP contribution in [0.2, 0.25) is 0 Å². The second-order valence-corrected chi connectivity index (χ2v) is 8.55. The SMILES string of the molecule is CCC(C)C(NC(=O)C(CS)NC(=O)C(CC(C)C)NC(=O)C(N)CCC(=O)O)C(=O)O. The Hall–Kier alpha value is -2.34. The normalized spacial score (nSPS) is 15.7. The highest BCUT2D eigenvalue weighted by atomic mass is 32.1. The molecule has 0 aromatic rings. The van der Waals surface area contributed by atoms with Crippen molar-refractivity contribution in [1.29, 1.82) is 0 Å². The number of aliphatic carboxylic acids is 2. The molecule has 0 fully saturated rings. The molecule has 0 aliphatic rings. The van der Waals surface area contributed by atoms with E-state index in [4.69, 9.17) is 10.8 Å². The number of carbonyl (C=O) groups excluding carboxylic acids is 3. The number of hydrogen-bond acceptors (Lipinski definition) is 7. The standard InChI is InChI=1S/C20H36N4O7S/c1-5-11(4)16(20(30)31)24-19(29)14(9-32)23-18(28)13(8-10(2)3)22-17(27)12(21)6-7-15(25)26/h10-14,16,32H,5-9,21H2,1-4H3,(H,22,27)(H,23,28)(H,24,29)(H,25,26)(H,30,31). The summed E-state index contributed by atoms with van der Waals surface area (Å²) in [4.78, 5) is 59.8. The summed E-state index contributed by atoms with van der Waals surface area (Å²) < 4.78 is 0. The Morgan fingerprint density at radius 1 is 0.906 bits per heavy atom. The van der Waals surface area contributed by atoms with Crippen molar-refractivity contribution < 1.29 is 34.2 Å². The minimum absolute atomic E-state index is 0.00590. The third-order valence-corrected chi connectivity index (χ3v) is 5.30. The Balaban J connectivity index is 5.26. The number of nitrogens with two attached hydrogens (primary N) is 1. The van der Waals surface area contributed by atoms with Gasteiger partial charge in [-0.1, -0.05) is 34.1 Å². The first kappa shape index (κ1) is 29.7. The lowest BCUT2D eigenvalue weighted by Crippen LogP contribution is -2.58. The Morgan fingerprint density at radius 3 is 1.88 bits per heavy atom. The van der Waals surface area contributed by atoms with E-state index in [9.17, 15) is 29.1 Å². The van der Waals surface area contributed by atoms with E-state index in [1.165, 1.54) is 0 Å². The molecule has 5 atom stereocenters. The van der Waals surface area contributed by atoms with Gasteiger partial charge in [-0.05, 0) is 24.7 Å². The van der Waals surface area contributed by atoms with E-state index in [2.05, 4.69) is 28.6 Å². The molecule has 0 saturated carbocycles. The minimum atomic E-state index is -1.18. The van der Waals surface area contributed by atoms with Crippen LogP contribution in [-0.2, 0) is 24.0 Å². The lowest BCUT2D eigenvalue weighted by atomic mass is 9.99. The van der Waals surface area contributed by atoms with Crippen LogP contribution in [0.25, 0.3) is 0 Å². The van der Waals surface area contributed by atoms with Crippen LogP contribution in [0.1, 0.15) is 53.4 Å². The van der Waals surface area contributed by atoms with Crippen molar-refractivity contribution in [3.8, 4) is 0 Å². The smallest absolute Gasteiger partial charge is 0.326 e. The summed E-state index contributed by atoms with van der Waals surface area (Å²) in [6.45, 7) is 7.16. The van der Waals surface area contributed by atoms with Crippen molar-refractivity contribution in [2.45, 2.75) is 77.5 Å². The van der Waals surface area contributed by atoms with Crippen molar-refractivity contribution in [3.63, 3.8) is 0 Å². The molecule has 0 spiro atoms. The molecule has 184 valence electrons. The molecule has 0 bridgehead atoms. The first-order valence-corrected chi connectivity index (χ1v) is 11.2. The van der Waals surface area contributed by atoms with Gasteiger partial charge in [-0.2, -0.15) is 12.6 Å². The fourth-order valence-corrected chi connectivity index (χ4v) is 3.05. The molecule has 0 rings (SSSR count). The molecule has 0 radical (unpaired) electrons. The van der Waals surface area contributed by atoms with E-state index < -0.39 is 53.8 Å². The van der Waals surface area contributed by atoms with Gasteiger partial charge in [0.15, 0.2) is 0 Å². The third-order valence-electron chi connectivity index (χ3n) is 4.94. The van der Waals surface area contributed by atoms with Crippen LogP contribution in [0.15, 0.2) is 0 Å². The predicted octanol–water partition coefficient (Wildman–Crippen LogP) is -0.260. The van der Waals surface area contributed by atoms with E-state index in [0.29, 0.717) is 6.42 Å². The Labute approximate surface area is 193 Å². The first-order chi connectivity index (χ1) is 14.8. The lowest BCUT2D eigenvalue weighted by Gasteiger charge is -2.26. The number of nitrogens with one attached hydrogen (secondary N) is 3. The van der Waals surface area contributed by atoms with Gasteiger partial charge < -0.3 is 31.9 Å². The summed E-state index contributed by atoms with van der Waals surface area (Å²) in [6.07, 6.45) is 0.387. The van der Waals surface area contributed by atoms with Crippen LogP contribution < -0.4 is 21.7 Å². The molecule has 32 heavy (non-hydrogen) atoms. The molecule has 12 heteroatoms. The number of amides is 3. The van der Waals surface area contributed by atoms with Gasteiger partial charge in [0.05, 0.1) is 6.04 Å². The van der Waals surface area contributed by atoms with Crippen molar-refractivity contribution in [2.24, 2.45) is 17.6 Å². The number of rotatable bonds is 15. The average Bonchev–Trinajstić information content (AvgIpc) is 2.71. The largest absolute Gasteiger partial charge is 0.481 e. The number of carboxylic acid groups (broad SMARTS) is 2. The van der Waals surface area contributed by atoms with E-state index in [0.717, 1.165) is 0 Å². The maximum absolute atomic E-state index is 12.8. The van der Waals surface area contributed by atoms with E-state index >= 15 is 0 Å². The fourth-order valence-electron chi connectivity index (χ4n) is 2.80. The molecule has 5 unspecified atom stereocenters. The molecule has 0 saturated heterocycles. The molecular weight excluding hydrogens is 440 g/mol. The molecular formula is C20H36N4O7S. The van der Waals surface area contributed by atoms with E-state index in [1.54, 1.807) is 13.8 Å². The van der Waals surface area contributed by atoms with Crippen LogP contribution in [0.3, 0.4) is 0 Å². The average molecular weight is 477 g/mol. The van der Waals surface area contributed by atoms with Gasteiger partial charge in [-0.25, -0.2) is 4.79 Å². The molecule has 3 amide bonds. The predicted molar refractivity (Wildman–Crippen MR) is 121 cm³/mol. The molecule has 11 nitrogen and oxygen atoms in total. The summed E-state index contributed by atoms with van der Waals surface area (Å²) in [5.74, 6) is -4.72. The highest BCUT2D eigenvalue weighted by Gasteiger charge is 2.31. The van der Waals surface area contributed by atoms with Gasteiger partial charge >= 0.3 is 11.9 Å². The molecule has 0 heterocycles. The van der Waals surface area contributed by atoms with Crippen molar-refractivity contribution in [1.82, 2.24) is 16.0 Å². The maximum Gasteiger partial charge on any atom is 0.326 e. The van der Waals surface area contributed by atoms with Crippen LogP contribution in [0, 0.1) is 11.8 Å². The first-order valence-electron chi connectivity index (χ1n) is 10.6. The van der Waals surface area contributed by atoms with Crippen LogP contribution >= 0.6 is 12.6 Å². The van der Waals surface area contributed by atoms with E-state index in [1.807, 2.05) is 13.8 Å². The van der Waals surface area contributed by atoms with Gasteiger partial charge in [0, 0.05) is 12.2 Å².